The van der Waals surface area contributed by atoms with Crippen LogP contribution in [0, 0.1) is 0 Å². The van der Waals surface area contributed by atoms with E-state index in [0.29, 0.717) is 41.5 Å². The monoisotopic (exact) mass is 470 g/mol. The van der Waals surface area contributed by atoms with E-state index in [2.05, 4.69) is 21.2 Å². The first-order valence-electron chi connectivity index (χ1n) is 10.8. The van der Waals surface area contributed by atoms with Crippen LogP contribution in [0.15, 0.2) is 47.6 Å². The van der Waals surface area contributed by atoms with Crippen LogP contribution in [0.5, 0.6) is 17.2 Å². The molecule has 0 aliphatic carbocycles. The highest BCUT2D eigenvalue weighted by atomic mass is 16.5. The maximum absolute atomic E-state index is 12.3. The molecule has 0 bridgehead atoms. The largest absolute Gasteiger partial charge is 0.497 e. The number of carbonyl (C=O) groups is 3. The van der Waals surface area contributed by atoms with Gasteiger partial charge in [0, 0.05) is 17.8 Å². The van der Waals surface area contributed by atoms with Crippen LogP contribution in [0.3, 0.4) is 0 Å². The Morgan fingerprint density at radius 2 is 1.82 bits per heavy atom. The molecule has 10 nitrogen and oxygen atoms in total. The van der Waals surface area contributed by atoms with Gasteiger partial charge >= 0.3 is 11.8 Å². The third-order valence-corrected chi connectivity index (χ3v) is 4.56. The van der Waals surface area contributed by atoms with Crippen molar-refractivity contribution >= 4 is 29.6 Å². The first-order chi connectivity index (χ1) is 16.4. The molecule has 0 unspecified atom stereocenters. The van der Waals surface area contributed by atoms with Gasteiger partial charge in [-0.1, -0.05) is 13.0 Å². The van der Waals surface area contributed by atoms with Gasteiger partial charge in [-0.2, -0.15) is 5.10 Å². The number of hydrazone groups is 1. The fourth-order valence-corrected chi connectivity index (χ4v) is 2.64. The van der Waals surface area contributed by atoms with Gasteiger partial charge in [-0.05, 0) is 56.2 Å². The topological polar surface area (TPSA) is 127 Å². The maximum atomic E-state index is 12.3. The average Bonchev–Trinajstić information content (AvgIpc) is 2.83. The predicted molar refractivity (Wildman–Crippen MR) is 128 cm³/mol. The first kappa shape index (κ1) is 26.2. The lowest BCUT2D eigenvalue weighted by atomic mass is 10.2. The molecular weight excluding hydrogens is 440 g/mol. The molecule has 0 aliphatic heterocycles. The number of amides is 3. The van der Waals surface area contributed by atoms with Crippen LogP contribution >= 0.6 is 0 Å². The van der Waals surface area contributed by atoms with Gasteiger partial charge in [0.1, 0.15) is 5.75 Å². The van der Waals surface area contributed by atoms with Crippen LogP contribution in [0.4, 0.5) is 5.69 Å². The van der Waals surface area contributed by atoms with Crippen molar-refractivity contribution in [2.75, 3.05) is 25.6 Å². The number of methoxy groups -OCH3 is 1. The van der Waals surface area contributed by atoms with Gasteiger partial charge in [0.05, 0.1) is 19.9 Å². The Bertz CT molecular complexity index is 1020. The first-order valence-corrected chi connectivity index (χ1v) is 10.8. The van der Waals surface area contributed by atoms with Crippen molar-refractivity contribution in [3.63, 3.8) is 0 Å². The lowest BCUT2D eigenvalue weighted by Crippen LogP contribution is -2.41. The Labute approximate surface area is 198 Å². The van der Waals surface area contributed by atoms with E-state index in [-0.39, 0.29) is 18.6 Å². The lowest BCUT2D eigenvalue weighted by molar-refractivity contribution is -0.139. The van der Waals surface area contributed by atoms with Crippen LogP contribution in [0.2, 0.25) is 0 Å². The average molecular weight is 471 g/mol. The minimum absolute atomic E-state index is 0.110. The zero-order valence-electron chi connectivity index (χ0n) is 19.7. The van der Waals surface area contributed by atoms with Crippen molar-refractivity contribution in [1.29, 1.82) is 0 Å². The minimum Gasteiger partial charge on any atom is -0.497 e. The van der Waals surface area contributed by atoms with E-state index in [4.69, 9.17) is 14.2 Å². The van der Waals surface area contributed by atoms with E-state index in [0.717, 1.165) is 0 Å². The summed E-state index contributed by atoms with van der Waals surface area (Å²) in [6.07, 6.45) is 2.08. The maximum Gasteiger partial charge on any atom is 0.329 e. The molecular formula is C24H30N4O6. The second-order valence-corrected chi connectivity index (χ2v) is 7.19. The van der Waals surface area contributed by atoms with Gasteiger partial charge in [-0.15, -0.1) is 0 Å². The number of ether oxygens (including phenoxy) is 3. The number of nitrogens with one attached hydrogen (secondary N) is 3. The highest BCUT2D eigenvalue weighted by molar-refractivity contribution is 6.35. The van der Waals surface area contributed by atoms with Crippen molar-refractivity contribution in [3.8, 4) is 17.2 Å². The molecule has 3 amide bonds. The molecule has 0 saturated carbocycles. The van der Waals surface area contributed by atoms with Crippen LogP contribution in [0.25, 0.3) is 0 Å². The Morgan fingerprint density at radius 1 is 1.03 bits per heavy atom. The van der Waals surface area contributed by atoms with Gasteiger partial charge in [0.15, 0.2) is 18.1 Å². The molecule has 2 rings (SSSR count). The molecule has 0 fully saturated rings. The summed E-state index contributed by atoms with van der Waals surface area (Å²) in [4.78, 5) is 35.8. The molecule has 34 heavy (non-hydrogen) atoms. The van der Waals surface area contributed by atoms with Crippen molar-refractivity contribution in [1.82, 2.24) is 10.7 Å². The molecule has 0 aliphatic rings. The fourth-order valence-electron chi connectivity index (χ4n) is 2.64. The number of carbonyl (C=O) groups excluding carboxylic acids is 3. The van der Waals surface area contributed by atoms with Gasteiger partial charge < -0.3 is 24.8 Å². The predicted octanol–water partition coefficient (Wildman–Crippen LogP) is 2.48. The standard InChI is InChI=1S/C24H30N4O6/c1-5-16(3)26-23(30)24(31)28-25-14-17-10-11-20(21(12-17)33-6-2)34-15-22(29)27-18-8-7-9-19(13-18)32-4/h7-14,16H,5-6,15H2,1-4H3,(H,26,30)(H,27,29)(H,28,31)/b25-14-/t16-/m1/s1. The molecule has 0 heterocycles. The Morgan fingerprint density at radius 3 is 2.53 bits per heavy atom. The van der Waals surface area contributed by atoms with E-state index in [1.165, 1.54) is 6.21 Å². The van der Waals surface area contributed by atoms with Crippen LogP contribution in [-0.2, 0) is 14.4 Å². The molecule has 3 N–H and O–H groups in total. The summed E-state index contributed by atoms with van der Waals surface area (Å²) in [6.45, 7) is 5.66. The molecule has 0 radical (unpaired) electrons. The highest BCUT2D eigenvalue weighted by Crippen LogP contribution is 2.28. The fraction of sp³-hybridized carbons (Fsp3) is 0.333. The summed E-state index contributed by atoms with van der Waals surface area (Å²) < 4.78 is 16.4. The number of hydrogen-bond donors (Lipinski definition) is 3. The van der Waals surface area contributed by atoms with Gasteiger partial charge in [0.2, 0.25) is 0 Å². The summed E-state index contributed by atoms with van der Waals surface area (Å²) in [5.41, 5.74) is 3.37. The molecule has 10 heteroatoms. The van der Waals surface area contributed by atoms with Crippen LogP contribution in [0.1, 0.15) is 32.8 Å². The normalized spacial score (nSPS) is 11.4. The molecule has 2 aromatic rings. The summed E-state index contributed by atoms with van der Waals surface area (Å²) in [6, 6.07) is 11.8. The van der Waals surface area contributed by atoms with Crippen LogP contribution in [-0.4, -0.2) is 50.3 Å². The number of rotatable bonds is 11. The van der Waals surface area contributed by atoms with Crippen LogP contribution < -0.4 is 30.3 Å². The molecule has 182 valence electrons. The Hall–Kier alpha value is -4.08. The summed E-state index contributed by atoms with van der Waals surface area (Å²) in [5.74, 6) is -0.555. The zero-order valence-corrected chi connectivity index (χ0v) is 19.7. The van der Waals surface area contributed by atoms with Gasteiger partial charge in [-0.25, -0.2) is 5.43 Å². The smallest absolute Gasteiger partial charge is 0.329 e. The van der Waals surface area contributed by atoms with Crippen molar-refractivity contribution in [3.05, 3.63) is 48.0 Å². The van der Waals surface area contributed by atoms with Gasteiger partial charge in [-0.3, -0.25) is 14.4 Å². The second-order valence-electron chi connectivity index (χ2n) is 7.19. The van der Waals surface area contributed by atoms with E-state index in [9.17, 15) is 14.4 Å². The van der Waals surface area contributed by atoms with E-state index in [1.807, 2.05) is 13.8 Å². The van der Waals surface area contributed by atoms with E-state index < -0.39 is 11.8 Å². The molecule has 1 atom stereocenters. The quantitative estimate of drug-likeness (QED) is 0.263. The lowest BCUT2D eigenvalue weighted by Gasteiger charge is -2.13. The van der Waals surface area contributed by atoms with Crippen molar-refractivity contribution in [2.45, 2.75) is 33.2 Å². The van der Waals surface area contributed by atoms with Crippen molar-refractivity contribution < 1.29 is 28.6 Å². The van der Waals surface area contributed by atoms with E-state index in [1.54, 1.807) is 56.5 Å². The number of benzene rings is 2. The minimum atomic E-state index is -0.858. The second kappa shape index (κ2) is 13.5. The van der Waals surface area contributed by atoms with Crippen molar-refractivity contribution in [2.24, 2.45) is 5.10 Å². The third-order valence-electron chi connectivity index (χ3n) is 4.56. The number of hydrogen-bond acceptors (Lipinski definition) is 7. The summed E-state index contributed by atoms with van der Waals surface area (Å²) in [7, 11) is 1.55. The molecule has 0 saturated heterocycles. The molecule has 0 spiro atoms. The van der Waals surface area contributed by atoms with Gasteiger partial charge in [0.25, 0.3) is 5.91 Å². The molecule has 2 aromatic carbocycles. The number of anilines is 1. The third kappa shape index (κ3) is 8.45. The molecule has 0 aromatic heterocycles. The number of nitrogens with zero attached hydrogens (tertiary/aromatic N) is 1. The summed E-state index contributed by atoms with van der Waals surface area (Å²) in [5, 5.41) is 9.09. The SMILES string of the molecule is CCOc1cc(/C=N\NC(=O)C(=O)N[C@H](C)CC)ccc1OCC(=O)Nc1cccc(OC)c1. The Kier molecular flexibility index (Phi) is 10.4. The summed E-state index contributed by atoms with van der Waals surface area (Å²) >= 11 is 0. The van der Waals surface area contributed by atoms with E-state index >= 15 is 0 Å². The highest BCUT2D eigenvalue weighted by Gasteiger charge is 2.14. The zero-order chi connectivity index (χ0) is 24.9. The Balaban J connectivity index is 1.96.